The van der Waals surface area contributed by atoms with Crippen molar-refractivity contribution in [3.63, 3.8) is 0 Å². The minimum absolute atomic E-state index is 0.638. The summed E-state index contributed by atoms with van der Waals surface area (Å²) in [6.07, 6.45) is 1.63. The fraction of sp³-hybridized carbons (Fsp3) is 0.154. The molecule has 0 aliphatic heterocycles. The first-order chi connectivity index (χ1) is 8.06. The molecule has 0 aliphatic rings. The highest BCUT2D eigenvalue weighted by Crippen LogP contribution is 2.26. The van der Waals surface area contributed by atoms with Gasteiger partial charge in [-0.25, -0.2) is 4.98 Å². The highest BCUT2D eigenvalue weighted by molar-refractivity contribution is 9.10. The lowest BCUT2D eigenvalue weighted by atomic mass is 10.1. The number of nitrogens with zero attached hydrogens (tertiary/aromatic N) is 1. The molecule has 0 amide bonds. The van der Waals surface area contributed by atoms with Gasteiger partial charge in [0, 0.05) is 16.4 Å². The third kappa shape index (κ3) is 2.99. The molecule has 1 heterocycles. The molecule has 17 heavy (non-hydrogen) atoms. The molecule has 0 spiro atoms. The molecule has 1 aromatic carbocycles. The van der Waals surface area contributed by atoms with E-state index in [1.807, 2.05) is 12.1 Å². The average Bonchev–Trinajstić information content (AvgIpc) is 2.29. The topological polar surface area (TPSA) is 24.9 Å². The highest BCUT2D eigenvalue weighted by Gasteiger charge is 2.03. The van der Waals surface area contributed by atoms with Gasteiger partial charge >= 0.3 is 0 Å². The summed E-state index contributed by atoms with van der Waals surface area (Å²) in [6.45, 7) is 4.13. The van der Waals surface area contributed by atoms with Crippen molar-refractivity contribution in [1.29, 1.82) is 0 Å². The second kappa shape index (κ2) is 5.07. The van der Waals surface area contributed by atoms with Crippen LogP contribution >= 0.6 is 27.5 Å². The van der Waals surface area contributed by atoms with Crippen LogP contribution < -0.4 is 5.32 Å². The molecule has 88 valence electrons. The Morgan fingerprint density at radius 1 is 1.18 bits per heavy atom. The van der Waals surface area contributed by atoms with Crippen molar-refractivity contribution in [3.05, 3.63) is 51.1 Å². The SMILES string of the molecule is Cc1cc(Nc2ccc(Cl)cn2)cc(C)c1Br. The van der Waals surface area contributed by atoms with Crippen LogP contribution in [0.2, 0.25) is 5.02 Å². The van der Waals surface area contributed by atoms with Crippen LogP contribution in [-0.2, 0) is 0 Å². The van der Waals surface area contributed by atoms with Crippen molar-refractivity contribution >= 4 is 39.0 Å². The predicted molar refractivity (Wildman–Crippen MR) is 76.1 cm³/mol. The van der Waals surface area contributed by atoms with Gasteiger partial charge in [-0.15, -0.1) is 0 Å². The van der Waals surface area contributed by atoms with Gasteiger partial charge in [0.05, 0.1) is 5.02 Å². The first-order valence-corrected chi connectivity index (χ1v) is 6.38. The van der Waals surface area contributed by atoms with Crippen molar-refractivity contribution in [2.75, 3.05) is 5.32 Å². The maximum Gasteiger partial charge on any atom is 0.130 e. The zero-order valence-electron chi connectivity index (χ0n) is 9.59. The number of pyridine rings is 1. The third-order valence-corrected chi connectivity index (χ3v) is 3.91. The number of rotatable bonds is 2. The molecule has 0 atom stereocenters. The summed E-state index contributed by atoms with van der Waals surface area (Å²) in [6, 6.07) is 7.82. The summed E-state index contributed by atoms with van der Waals surface area (Å²) in [5, 5.41) is 3.89. The fourth-order valence-electron chi connectivity index (χ4n) is 1.62. The summed E-state index contributed by atoms with van der Waals surface area (Å²) in [5.74, 6) is 0.788. The predicted octanol–water partition coefficient (Wildman–Crippen LogP) is 4.86. The number of aromatic nitrogens is 1. The van der Waals surface area contributed by atoms with E-state index in [9.17, 15) is 0 Å². The second-order valence-electron chi connectivity index (χ2n) is 3.91. The molecule has 0 unspecified atom stereocenters. The van der Waals surface area contributed by atoms with Crippen LogP contribution in [0.3, 0.4) is 0 Å². The van der Waals surface area contributed by atoms with E-state index in [0.717, 1.165) is 16.0 Å². The van der Waals surface area contributed by atoms with Gasteiger partial charge in [0.15, 0.2) is 0 Å². The standard InChI is InChI=1S/C13H12BrClN2/c1-8-5-11(6-9(2)13(8)14)17-12-4-3-10(15)7-16-12/h3-7H,1-2H3,(H,16,17). The number of nitrogens with one attached hydrogen (secondary N) is 1. The number of benzene rings is 1. The van der Waals surface area contributed by atoms with Crippen LogP contribution in [0.4, 0.5) is 11.5 Å². The van der Waals surface area contributed by atoms with E-state index in [0.29, 0.717) is 5.02 Å². The lowest BCUT2D eigenvalue weighted by Gasteiger charge is -2.10. The fourth-order valence-corrected chi connectivity index (χ4v) is 1.96. The lowest BCUT2D eigenvalue weighted by Crippen LogP contribution is -1.94. The smallest absolute Gasteiger partial charge is 0.130 e. The number of anilines is 2. The minimum Gasteiger partial charge on any atom is -0.340 e. The van der Waals surface area contributed by atoms with Crippen molar-refractivity contribution in [3.8, 4) is 0 Å². The molecule has 2 nitrogen and oxygen atoms in total. The van der Waals surface area contributed by atoms with Gasteiger partial charge in [0.2, 0.25) is 0 Å². The Labute approximate surface area is 114 Å². The number of hydrogen-bond donors (Lipinski definition) is 1. The van der Waals surface area contributed by atoms with Gasteiger partial charge in [-0.1, -0.05) is 27.5 Å². The van der Waals surface area contributed by atoms with Crippen molar-refractivity contribution in [2.24, 2.45) is 0 Å². The van der Waals surface area contributed by atoms with Gasteiger partial charge in [-0.05, 0) is 49.2 Å². The van der Waals surface area contributed by atoms with E-state index in [4.69, 9.17) is 11.6 Å². The summed E-state index contributed by atoms with van der Waals surface area (Å²) in [5.41, 5.74) is 3.42. The molecule has 0 bridgehead atoms. The maximum absolute atomic E-state index is 5.79. The van der Waals surface area contributed by atoms with E-state index in [1.165, 1.54) is 11.1 Å². The summed E-state index contributed by atoms with van der Waals surface area (Å²) in [7, 11) is 0. The van der Waals surface area contributed by atoms with Crippen molar-refractivity contribution in [2.45, 2.75) is 13.8 Å². The van der Waals surface area contributed by atoms with Gasteiger partial charge in [0.1, 0.15) is 5.82 Å². The monoisotopic (exact) mass is 310 g/mol. The number of hydrogen-bond acceptors (Lipinski definition) is 2. The van der Waals surface area contributed by atoms with Crippen LogP contribution in [0.1, 0.15) is 11.1 Å². The van der Waals surface area contributed by atoms with E-state index in [-0.39, 0.29) is 0 Å². The van der Waals surface area contributed by atoms with Gasteiger partial charge in [-0.3, -0.25) is 0 Å². The Kier molecular flexibility index (Phi) is 3.69. The zero-order chi connectivity index (χ0) is 12.4. The molecule has 1 N–H and O–H groups in total. The molecule has 0 fully saturated rings. The zero-order valence-corrected chi connectivity index (χ0v) is 11.9. The maximum atomic E-state index is 5.79. The number of halogens is 2. The molecule has 1 aromatic heterocycles. The Morgan fingerprint density at radius 2 is 1.82 bits per heavy atom. The third-order valence-electron chi connectivity index (χ3n) is 2.44. The Morgan fingerprint density at radius 3 is 2.35 bits per heavy atom. The normalized spacial score (nSPS) is 10.4. The van der Waals surface area contributed by atoms with Gasteiger partial charge < -0.3 is 5.32 Å². The largest absolute Gasteiger partial charge is 0.340 e. The first kappa shape index (κ1) is 12.4. The molecule has 4 heteroatoms. The van der Waals surface area contributed by atoms with E-state index >= 15 is 0 Å². The van der Waals surface area contributed by atoms with Crippen LogP contribution in [0.5, 0.6) is 0 Å². The minimum atomic E-state index is 0.638. The Balaban J connectivity index is 2.27. The summed E-state index contributed by atoms with van der Waals surface area (Å²) < 4.78 is 1.15. The van der Waals surface area contributed by atoms with Crippen molar-refractivity contribution in [1.82, 2.24) is 4.98 Å². The molecule has 0 aliphatic carbocycles. The van der Waals surface area contributed by atoms with E-state index < -0.39 is 0 Å². The van der Waals surface area contributed by atoms with Crippen LogP contribution in [0.25, 0.3) is 0 Å². The molecule has 2 aromatic rings. The number of aryl methyl sites for hydroxylation is 2. The lowest BCUT2D eigenvalue weighted by molar-refractivity contribution is 1.29. The molecule has 0 saturated carbocycles. The van der Waals surface area contributed by atoms with Crippen LogP contribution in [-0.4, -0.2) is 4.98 Å². The molecule has 0 radical (unpaired) electrons. The highest BCUT2D eigenvalue weighted by atomic mass is 79.9. The van der Waals surface area contributed by atoms with Gasteiger partial charge in [0.25, 0.3) is 0 Å². The van der Waals surface area contributed by atoms with Crippen LogP contribution in [0.15, 0.2) is 34.9 Å². The summed E-state index contributed by atoms with van der Waals surface area (Å²) >= 11 is 9.34. The molecular weight excluding hydrogens is 300 g/mol. The van der Waals surface area contributed by atoms with Crippen LogP contribution in [0, 0.1) is 13.8 Å². The average molecular weight is 312 g/mol. The summed E-state index contributed by atoms with van der Waals surface area (Å²) in [4.78, 5) is 4.20. The van der Waals surface area contributed by atoms with Gasteiger partial charge in [-0.2, -0.15) is 0 Å². The first-order valence-electron chi connectivity index (χ1n) is 5.21. The Hall–Kier alpha value is -1.06. The van der Waals surface area contributed by atoms with E-state index in [1.54, 1.807) is 6.20 Å². The molecule has 0 saturated heterocycles. The second-order valence-corrected chi connectivity index (χ2v) is 5.14. The van der Waals surface area contributed by atoms with Crippen molar-refractivity contribution < 1.29 is 0 Å². The molecule has 2 rings (SSSR count). The quantitative estimate of drug-likeness (QED) is 0.857. The Bertz CT molecular complexity index is 515. The molecular formula is C13H12BrClN2. The van der Waals surface area contributed by atoms with E-state index in [2.05, 4.69) is 52.2 Å².